The highest BCUT2D eigenvalue weighted by molar-refractivity contribution is 7.14. The Bertz CT molecular complexity index is 1080. The third kappa shape index (κ3) is 3.72. The molecule has 0 fully saturated rings. The first-order chi connectivity index (χ1) is 13.5. The Balaban J connectivity index is 1.45. The van der Waals surface area contributed by atoms with Crippen LogP contribution in [0.5, 0.6) is 5.75 Å². The summed E-state index contributed by atoms with van der Waals surface area (Å²) in [6.45, 7) is 2.38. The Morgan fingerprint density at radius 3 is 3.00 bits per heavy atom. The van der Waals surface area contributed by atoms with Crippen molar-refractivity contribution in [1.82, 2.24) is 4.98 Å². The highest BCUT2D eigenvalue weighted by Gasteiger charge is 2.16. The first-order valence-corrected chi connectivity index (χ1v) is 9.63. The van der Waals surface area contributed by atoms with Crippen LogP contribution in [0.2, 0.25) is 0 Å². The maximum absolute atomic E-state index is 12.4. The third-order valence-corrected chi connectivity index (χ3v) is 5.33. The molecule has 1 aliphatic rings. The first-order valence-electron chi connectivity index (χ1n) is 8.75. The Kier molecular flexibility index (Phi) is 4.79. The minimum Gasteiger partial charge on any atom is -0.493 e. The van der Waals surface area contributed by atoms with Crippen LogP contribution in [0, 0.1) is 17.0 Å². The molecule has 0 unspecified atom stereocenters. The molecule has 1 aliphatic heterocycles. The summed E-state index contributed by atoms with van der Waals surface area (Å²) in [5.74, 6) is 0.732. The van der Waals surface area contributed by atoms with Gasteiger partial charge < -0.3 is 10.1 Å². The standard InChI is InChI=1S/C20H17N3O4S/c1-12-2-4-14(10-17(12)23(25)26)16-11-28-20(21-16)22-19(24)9-13-3-5-18-15(8-13)6-7-27-18/h2-5,8,10-11H,6-7,9H2,1H3,(H,21,22,24). The molecule has 0 saturated carbocycles. The normalized spacial score (nSPS) is 12.3. The number of amides is 1. The summed E-state index contributed by atoms with van der Waals surface area (Å²) in [4.78, 5) is 27.5. The van der Waals surface area contributed by atoms with E-state index in [-0.39, 0.29) is 18.0 Å². The van der Waals surface area contributed by atoms with Crippen LogP contribution >= 0.6 is 11.3 Å². The molecule has 0 atom stereocenters. The molecular formula is C20H17N3O4S. The molecule has 1 amide bonds. The molecule has 0 radical (unpaired) electrons. The number of anilines is 1. The van der Waals surface area contributed by atoms with E-state index < -0.39 is 4.92 Å². The van der Waals surface area contributed by atoms with Crippen molar-refractivity contribution in [3.63, 3.8) is 0 Å². The van der Waals surface area contributed by atoms with Gasteiger partial charge in [0.25, 0.3) is 5.69 Å². The molecular weight excluding hydrogens is 378 g/mol. The number of ether oxygens (including phenoxy) is 1. The number of fused-ring (bicyclic) bond motifs is 1. The van der Waals surface area contributed by atoms with E-state index in [9.17, 15) is 14.9 Å². The smallest absolute Gasteiger partial charge is 0.272 e. The number of carbonyl (C=O) groups is 1. The highest BCUT2D eigenvalue weighted by atomic mass is 32.1. The Hall–Kier alpha value is -3.26. The number of aromatic nitrogens is 1. The van der Waals surface area contributed by atoms with Gasteiger partial charge in [-0.25, -0.2) is 4.98 Å². The number of hydrogen-bond acceptors (Lipinski definition) is 6. The second-order valence-electron chi connectivity index (χ2n) is 6.56. The van der Waals surface area contributed by atoms with E-state index in [1.807, 2.05) is 18.2 Å². The number of carbonyl (C=O) groups excluding carboxylic acids is 1. The van der Waals surface area contributed by atoms with Gasteiger partial charge in [-0.1, -0.05) is 24.3 Å². The van der Waals surface area contributed by atoms with Crippen LogP contribution in [-0.2, 0) is 17.6 Å². The number of nitro groups is 1. The average molecular weight is 395 g/mol. The maximum atomic E-state index is 12.4. The minimum atomic E-state index is -0.407. The predicted molar refractivity (Wildman–Crippen MR) is 107 cm³/mol. The molecule has 0 saturated heterocycles. The molecule has 142 valence electrons. The van der Waals surface area contributed by atoms with E-state index in [2.05, 4.69) is 10.3 Å². The van der Waals surface area contributed by atoms with Crippen LogP contribution in [0.25, 0.3) is 11.3 Å². The van der Waals surface area contributed by atoms with Crippen LogP contribution in [0.3, 0.4) is 0 Å². The summed E-state index contributed by atoms with van der Waals surface area (Å²) in [5, 5.41) is 16.2. The van der Waals surface area contributed by atoms with Crippen molar-refractivity contribution in [3.05, 3.63) is 68.6 Å². The Morgan fingerprint density at radius 2 is 2.18 bits per heavy atom. The van der Waals surface area contributed by atoms with Crippen LogP contribution in [-0.4, -0.2) is 22.4 Å². The summed E-state index contributed by atoms with van der Waals surface area (Å²) in [6.07, 6.45) is 1.11. The molecule has 2 heterocycles. The van der Waals surface area contributed by atoms with Gasteiger partial charge in [0.05, 0.1) is 23.6 Å². The van der Waals surface area contributed by atoms with Gasteiger partial charge in [0.15, 0.2) is 5.13 Å². The van der Waals surface area contributed by atoms with Crippen molar-refractivity contribution >= 4 is 28.1 Å². The predicted octanol–water partition coefficient (Wildman–Crippen LogP) is 4.14. The van der Waals surface area contributed by atoms with Crippen molar-refractivity contribution in [2.75, 3.05) is 11.9 Å². The van der Waals surface area contributed by atoms with E-state index in [4.69, 9.17) is 4.74 Å². The monoisotopic (exact) mass is 395 g/mol. The number of rotatable bonds is 5. The van der Waals surface area contributed by atoms with Crippen molar-refractivity contribution in [2.45, 2.75) is 19.8 Å². The number of nitrogens with zero attached hydrogens (tertiary/aromatic N) is 2. The molecule has 28 heavy (non-hydrogen) atoms. The zero-order valence-electron chi connectivity index (χ0n) is 15.1. The lowest BCUT2D eigenvalue weighted by Gasteiger charge is -2.04. The van der Waals surface area contributed by atoms with Gasteiger partial charge in [0, 0.05) is 29.0 Å². The molecule has 0 spiro atoms. The van der Waals surface area contributed by atoms with Crippen LogP contribution < -0.4 is 10.1 Å². The fraction of sp³-hybridized carbons (Fsp3) is 0.200. The van der Waals surface area contributed by atoms with Crippen LogP contribution in [0.1, 0.15) is 16.7 Å². The number of hydrogen-bond donors (Lipinski definition) is 1. The van der Waals surface area contributed by atoms with E-state index in [0.29, 0.717) is 28.6 Å². The molecule has 1 N–H and O–H groups in total. The fourth-order valence-electron chi connectivity index (χ4n) is 3.13. The van der Waals surface area contributed by atoms with Crippen molar-refractivity contribution in [3.8, 4) is 17.0 Å². The molecule has 8 heteroatoms. The van der Waals surface area contributed by atoms with Crippen molar-refractivity contribution < 1.29 is 14.5 Å². The molecule has 7 nitrogen and oxygen atoms in total. The van der Waals surface area contributed by atoms with Crippen molar-refractivity contribution in [1.29, 1.82) is 0 Å². The average Bonchev–Trinajstić information content (AvgIpc) is 3.30. The van der Waals surface area contributed by atoms with Crippen molar-refractivity contribution in [2.24, 2.45) is 0 Å². The SMILES string of the molecule is Cc1ccc(-c2csc(NC(=O)Cc3ccc4c(c3)CCO4)n2)cc1[N+](=O)[O-]. The number of aryl methyl sites for hydroxylation is 1. The molecule has 2 aromatic carbocycles. The van der Waals surface area contributed by atoms with Crippen LogP contribution in [0.4, 0.5) is 10.8 Å². The second kappa shape index (κ2) is 7.40. The Labute approximate surface area is 165 Å². The van der Waals surface area contributed by atoms with E-state index in [1.54, 1.807) is 24.4 Å². The Morgan fingerprint density at radius 1 is 1.32 bits per heavy atom. The summed E-state index contributed by atoms with van der Waals surface area (Å²) in [5.41, 5.74) is 3.94. The molecule has 3 aromatic rings. The van der Waals surface area contributed by atoms with Gasteiger partial charge in [-0.2, -0.15) is 0 Å². The van der Waals surface area contributed by atoms with Gasteiger partial charge in [0.1, 0.15) is 5.75 Å². The third-order valence-electron chi connectivity index (χ3n) is 4.57. The van der Waals surface area contributed by atoms with E-state index in [0.717, 1.165) is 23.3 Å². The number of benzene rings is 2. The molecule has 4 rings (SSSR count). The number of nitro benzene ring substituents is 1. The lowest BCUT2D eigenvalue weighted by molar-refractivity contribution is -0.385. The van der Waals surface area contributed by atoms with Gasteiger partial charge in [0.2, 0.25) is 5.91 Å². The van der Waals surface area contributed by atoms with Gasteiger partial charge in [-0.15, -0.1) is 11.3 Å². The van der Waals surface area contributed by atoms with Gasteiger partial charge in [-0.05, 0) is 24.1 Å². The van der Waals surface area contributed by atoms with E-state index in [1.165, 1.54) is 17.4 Å². The minimum absolute atomic E-state index is 0.0525. The first kappa shape index (κ1) is 18.1. The zero-order chi connectivity index (χ0) is 19.7. The topological polar surface area (TPSA) is 94.4 Å². The van der Waals surface area contributed by atoms with Gasteiger partial charge in [-0.3, -0.25) is 14.9 Å². The summed E-state index contributed by atoms with van der Waals surface area (Å²) < 4.78 is 5.48. The summed E-state index contributed by atoms with van der Waals surface area (Å²) >= 11 is 1.29. The largest absolute Gasteiger partial charge is 0.493 e. The summed E-state index contributed by atoms with van der Waals surface area (Å²) in [7, 11) is 0. The van der Waals surface area contributed by atoms with E-state index >= 15 is 0 Å². The molecule has 0 bridgehead atoms. The molecule has 1 aromatic heterocycles. The van der Waals surface area contributed by atoms with Gasteiger partial charge >= 0.3 is 0 Å². The number of nitrogens with one attached hydrogen (secondary N) is 1. The molecule has 0 aliphatic carbocycles. The summed E-state index contributed by atoms with van der Waals surface area (Å²) in [6, 6.07) is 10.8. The fourth-order valence-corrected chi connectivity index (χ4v) is 3.86. The maximum Gasteiger partial charge on any atom is 0.272 e. The second-order valence-corrected chi connectivity index (χ2v) is 7.42. The van der Waals surface area contributed by atoms with Crippen LogP contribution in [0.15, 0.2) is 41.8 Å². The lowest BCUT2D eigenvalue weighted by Crippen LogP contribution is -2.14. The highest BCUT2D eigenvalue weighted by Crippen LogP contribution is 2.30. The lowest BCUT2D eigenvalue weighted by atomic mass is 10.1. The zero-order valence-corrected chi connectivity index (χ0v) is 15.9. The number of thiazole rings is 1. The quantitative estimate of drug-likeness (QED) is 0.517.